The molecule has 0 saturated heterocycles. The highest BCUT2D eigenvalue weighted by Crippen LogP contribution is 2.24. The van der Waals surface area contributed by atoms with Crippen LogP contribution in [0.1, 0.15) is 17.5 Å². The summed E-state index contributed by atoms with van der Waals surface area (Å²) in [6.45, 7) is 4.84. The number of hydrogen-bond donors (Lipinski definition) is 1. The van der Waals surface area contributed by atoms with E-state index < -0.39 is 0 Å². The lowest BCUT2D eigenvalue weighted by molar-refractivity contribution is 0.318. The second-order valence-corrected chi connectivity index (χ2v) is 7.26. The monoisotopic (exact) mass is 384 g/mol. The van der Waals surface area contributed by atoms with E-state index in [0.29, 0.717) is 17.6 Å². The molecule has 27 heavy (non-hydrogen) atoms. The van der Waals surface area contributed by atoms with Gasteiger partial charge in [-0.15, -0.1) is 10.2 Å². The van der Waals surface area contributed by atoms with Crippen LogP contribution < -0.4 is 15.3 Å². The summed E-state index contributed by atoms with van der Waals surface area (Å²) in [5.74, 6) is 9.33. The number of ether oxygens (including phenoxy) is 2. The zero-order valence-corrected chi connectivity index (χ0v) is 16.6. The summed E-state index contributed by atoms with van der Waals surface area (Å²) in [7, 11) is 1.64. The summed E-state index contributed by atoms with van der Waals surface area (Å²) in [5.41, 5.74) is 3.41. The van der Waals surface area contributed by atoms with Gasteiger partial charge in [-0.25, -0.2) is 4.68 Å². The molecule has 7 heteroatoms. The molecule has 6 nitrogen and oxygen atoms in total. The predicted molar refractivity (Wildman–Crippen MR) is 109 cm³/mol. The number of methoxy groups -OCH3 is 1. The average molecular weight is 385 g/mol. The molecule has 0 aliphatic heterocycles. The molecule has 0 saturated carbocycles. The molecule has 2 N–H and O–H groups in total. The minimum Gasteiger partial charge on any atom is -0.497 e. The molecule has 0 radical (unpaired) electrons. The Hall–Kier alpha value is -2.67. The number of benzene rings is 2. The molecule has 142 valence electrons. The van der Waals surface area contributed by atoms with Crippen LogP contribution in [-0.4, -0.2) is 34.3 Å². The first-order chi connectivity index (χ1) is 13.1. The van der Waals surface area contributed by atoms with E-state index >= 15 is 0 Å². The van der Waals surface area contributed by atoms with E-state index in [4.69, 9.17) is 15.3 Å². The standard InChI is InChI=1S/C20H24N4O2S/c1-14-5-8-18(13-15(14)2)26-11-4-12-27-20-23-22-19(24(20)21)16-6-9-17(25-3)10-7-16/h5-10,13H,4,11-12,21H2,1-3H3. The molecule has 3 aromatic rings. The van der Waals surface area contributed by atoms with Crippen molar-refractivity contribution in [3.05, 3.63) is 53.6 Å². The summed E-state index contributed by atoms with van der Waals surface area (Å²) in [6.07, 6.45) is 0.891. The van der Waals surface area contributed by atoms with Gasteiger partial charge in [-0.2, -0.15) is 0 Å². The lowest BCUT2D eigenvalue weighted by Gasteiger charge is -2.08. The number of thioether (sulfide) groups is 1. The third kappa shape index (κ3) is 4.74. The lowest BCUT2D eigenvalue weighted by atomic mass is 10.1. The van der Waals surface area contributed by atoms with Gasteiger partial charge in [0.05, 0.1) is 13.7 Å². The van der Waals surface area contributed by atoms with Crippen molar-refractivity contribution in [1.29, 1.82) is 0 Å². The van der Waals surface area contributed by atoms with Gasteiger partial charge in [-0.1, -0.05) is 17.8 Å². The number of rotatable bonds is 8. The zero-order valence-electron chi connectivity index (χ0n) is 15.8. The van der Waals surface area contributed by atoms with Crippen molar-refractivity contribution >= 4 is 11.8 Å². The first-order valence-electron chi connectivity index (χ1n) is 8.76. The predicted octanol–water partition coefficient (Wildman–Crippen LogP) is 3.85. The largest absolute Gasteiger partial charge is 0.497 e. The van der Waals surface area contributed by atoms with Crippen LogP contribution in [0.15, 0.2) is 47.6 Å². The molecule has 0 amide bonds. The molecule has 0 aliphatic rings. The summed E-state index contributed by atoms with van der Waals surface area (Å²) in [6, 6.07) is 13.7. The maximum Gasteiger partial charge on any atom is 0.210 e. The Balaban J connectivity index is 1.50. The number of nitrogens with zero attached hydrogens (tertiary/aromatic N) is 3. The van der Waals surface area contributed by atoms with Gasteiger partial charge < -0.3 is 15.3 Å². The highest BCUT2D eigenvalue weighted by molar-refractivity contribution is 7.99. The van der Waals surface area contributed by atoms with Crippen molar-refractivity contribution in [2.45, 2.75) is 25.4 Å². The van der Waals surface area contributed by atoms with E-state index in [1.54, 1.807) is 18.9 Å². The van der Waals surface area contributed by atoms with Gasteiger partial charge in [0.1, 0.15) is 11.5 Å². The molecule has 0 spiro atoms. The molecule has 0 bridgehead atoms. The fraction of sp³-hybridized carbons (Fsp3) is 0.300. The molecular formula is C20H24N4O2S. The zero-order chi connectivity index (χ0) is 19.2. The highest BCUT2D eigenvalue weighted by Gasteiger charge is 2.12. The molecule has 1 heterocycles. The molecule has 0 unspecified atom stereocenters. The van der Waals surface area contributed by atoms with Crippen molar-refractivity contribution in [3.63, 3.8) is 0 Å². The van der Waals surface area contributed by atoms with Crippen molar-refractivity contribution in [3.8, 4) is 22.9 Å². The Labute approximate surface area is 163 Å². The second-order valence-electron chi connectivity index (χ2n) is 6.20. The summed E-state index contributed by atoms with van der Waals surface area (Å²) in [5, 5.41) is 9.08. The van der Waals surface area contributed by atoms with Crippen LogP contribution in [0.5, 0.6) is 11.5 Å². The highest BCUT2D eigenvalue weighted by atomic mass is 32.2. The van der Waals surface area contributed by atoms with Crippen LogP contribution in [0.25, 0.3) is 11.4 Å². The number of aryl methyl sites for hydroxylation is 2. The summed E-state index contributed by atoms with van der Waals surface area (Å²) >= 11 is 1.57. The Bertz CT molecular complexity index is 893. The van der Waals surface area contributed by atoms with Crippen molar-refractivity contribution < 1.29 is 9.47 Å². The van der Waals surface area contributed by atoms with Gasteiger partial charge in [-0.05, 0) is 67.8 Å². The van der Waals surface area contributed by atoms with Gasteiger partial charge in [0.25, 0.3) is 0 Å². The van der Waals surface area contributed by atoms with Gasteiger partial charge in [0.15, 0.2) is 5.82 Å². The number of hydrogen-bond acceptors (Lipinski definition) is 6. The first kappa shape index (κ1) is 19.1. The Morgan fingerprint density at radius 2 is 1.74 bits per heavy atom. The molecule has 2 aromatic carbocycles. The Morgan fingerprint density at radius 3 is 2.44 bits per heavy atom. The molecule has 0 atom stereocenters. The summed E-state index contributed by atoms with van der Waals surface area (Å²) < 4.78 is 12.5. The second kappa shape index (κ2) is 8.81. The van der Waals surface area contributed by atoms with E-state index in [9.17, 15) is 0 Å². The molecule has 3 rings (SSSR count). The van der Waals surface area contributed by atoms with Gasteiger partial charge >= 0.3 is 0 Å². The minimum atomic E-state index is 0.631. The SMILES string of the molecule is COc1ccc(-c2nnc(SCCCOc3ccc(C)c(C)c3)n2N)cc1. The average Bonchev–Trinajstić information content (AvgIpc) is 3.05. The van der Waals surface area contributed by atoms with E-state index in [-0.39, 0.29) is 0 Å². The van der Waals surface area contributed by atoms with Gasteiger partial charge in [-0.3, -0.25) is 0 Å². The van der Waals surface area contributed by atoms with E-state index in [0.717, 1.165) is 29.2 Å². The van der Waals surface area contributed by atoms with Crippen LogP contribution in [0.2, 0.25) is 0 Å². The molecule has 1 aromatic heterocycles. The van der Waals surface area contributed by atoms with E-state index in [1.807, 2.05) is 30.3 Å². The topological polar surface area (TPSA) is 75.2 Å². The van der Waals surface area contributed by atoms with Crippen molar-refractivity contribution in [1.82, 2.24) is 14.9 Å². The fourth-order valence-corrected chi connectivity index (χ4v) is 3.30. The van der Waals surface area contributed by atoms with Crippen LogP contribution in [-0.2, 0) is 0 Å². The number of nitrogens with two attached hydrogens (primary N) is 1. The molecule has 0 fully saturated rings. The van der Waals surface area contributed by atoms with Gasteiger partial charge in [0.2, 0.25) is 5.16 Å². The smallest absolute Gasteiger partial charge is 0.210 e. The van der Waals surface area contributed by atoms with Crippen LogP contribution in [0.4, 0.5) is 0 Å². The number of aromatic nitrogens is 3. The third-order valence-corrected chi connectivity index (χ3v) is 5.31. The number of nitrogen functional groups attached to an aromatic ring is 1. The van der Waals surface area contributed by atoms with Crippen molar-refractivity contribution in [2.75, 3.05) is 25.3 Å². The third-order valence-electron chi connectivity index (χ3n) is 4.28. The molecule has 0 aliphatic carbocycles. The quantitative estimate of drug-likeness (QED) is 0.361. The summed E-state index contributed by atoms with van der Waals surface area (Å²) in [4.78, 5) is 0. The minimum absolute atomic E-state index is 0.631. The maximum atomic E-state index is 6.15. The van der Waals surface area contributed by atoms with Gasteiger partial charge in [0, 0.05) is 11.3 Å². The van der Waals surface area contributed by atoms with Crippen LogP contribution in [0.3, 0.4) is 0 Å². The Kier molecular flexibility index (Phi) is 6.24. The first-order valence-corrected chi connectivity index (χ1v) is 9.75. The fourth-order valence-electron chi connectivity index (χ4n) is 2.53. The van der Waals surface area contributed by atoms with E-state index in [1.165, 1.54) is 15.8 Å². The van der Waals surface area contributed by atoms with Crippen LogP contribution >= 0.6 is 11.8 Å². The Morgan fingerprint density at radius 1 is 1.00 bits per heavy atom. The van der Waals surface area contributed by atoms with Crippen LogP contribution in [0, 0.1) is 13.8 Å². The van der Waals surface area contributed by atoms with E-state index in [2.05, 4.69) is 36.2 Å². The normalized spacial score (nSPS) is 10.8. The molecular weight excluding hydrogens is 360 g/mol. The van der Waals surface area contributed by atoms with Crippen molar-refractivity contribution in [2.24, 2.45) is 0 Å². The maximum absolute atomic E-state index is 6.15. The lowest BCUT2D eigenvalue weighted by Crippen LogP contribution is -2.11.